The maximum absolute atomic E-state index is 11.1. The summed E-state index contributed by atoms with van der Waals surface area (Å²) in [7, 11) is 0. The lowest BCUT2D eigenvalue weighted by molar-refractivity contribution is 0.0697. The van der Waals surface area contributed by atoms with Gasteiger partial charge >= 0.3 is 5.97 Å². The van der Waals surface area contributed by atoms with Crippen LogP contribution < -0.4 is 0 Å². The molecule has 4 nitrogen and oxygen atoms in total. The minimum absolute atomic E-state index is 0.326. The summed E-state index contributed by atoms with van der Waals surface area (Å²) in [5, 5.41) is 10.1. The van der Waals surface area contributed by atoms with Crippen LogP contribution in [0.25, 0.3) is 10.9 Å². The third-order valence-corrected chi connectivity index (χ3v) is 3.98. The molecule has 0 radical (unpaired) electrons. The van der Waals surface area contributed by atoms with Crippen LogP contribution in [-0.2, 0) is 6.54 Å². The molecule has 0 spiro atoms. The van der Waals surface area contributed by atoms with Crippen molar-refractivity contribution in [1.29, 1.82) is 0 Å². The molecule has 0 bridgehead atoms. The first-order valence-corrected chi connectivity index (χ1v) is 6.79. The van der Waals surface area contributed by atoms with Crippen LogP contribution in [0.2, 0.25) is 0 Å². The molecule has 0 aliphatic rings. The second-order valence-corrected chi connectivity index (χ2v) is 5.19. The summed E-state index contributed by atoms with van der Waals surface area (Å²) in [6.07, 6.45) is 3.57. The number of aromatic nitrogens is 2. The predicted octanol–water partition coefficient (Wildman–Crippen LogP) is 3.40. The molecule has 106 valence electrons. The fourth-order valence-electron chi connectivity index (χ4n) is 2.66. The molecule has 1 N–H and O–H groups in total. The molecule has 0 saturated heterocycles. The second kappa shape index (κ2) is 5.05. The van der Waals surface area contributed by atoms with Crippen LogP contribution >= 0.6 is 0 Å². The van der Waals surface area contributed by atoms with E-state index in [1.807, 2.05) is 25.1 Å². The van der Waals surface area contributed by atoms with Gasteiger partial charge in [0.15, 0.2) is 0 Å². The summed E-state index contributed by atoms with van der Waals surface area (Å²) in [5.41, 5.74) is 4.84. The van der Waals surface area contributed by atoms with E-state index in [-0.39, 0.29) is 0 Å². The standard InChI is InChI=1S/C17H16N2O2/c1-11-12(2)19(10-13-5-7-18-8-6-13)16-4-3-14(17(20)21)9-15(11)16/h3-9H,10H2,1-2H3,(H,20,21). The highest BCUT2D eigenvalue weighted by Crippen LogP contribution is 2.27. The highest BCUT2D eigenvalue weighted by Gasteiger charge is 2.13. The summed E-state index contributed by atoms with van der Waals surface area (Å²) < 4.78 is 2.21. The molecule has 0 aliphatic carbocycles. The molecule has 0 fully saturated rings. The van der Waals surface area contributed by atoms with Crippen LogP contribution in [0.4, 0.5) is 0 Å². The maximum atomic E-state index is 11.1. The SMILES string of the molecule is Cc1c(C)n(Cc2ccncc2)c2ccc(C(=O)O)cc12. The Kier molecular flexibility index (Phi) is 3.22. The molecule has 0 atom stereocenters. The monoisotopic (exact) mass is 280 g/mol. The Labute approximate surface area is 122 Å². The molecule has 21 heavy (non-hydrogen) atoms. The Hall–Kier alpha value is -2.62. The van der Waals surface area contributed by atoms with Crippen LogP contribution in [0.3, 0.4) is 0 Å². The third-order valence-electron chi connectivity index (χ3n) is 3.98. The van der Waals surface area contributed by atoms with Gasteiger partial charge in [-0.25, -0.2) is 4.79 Å². The van der Waals surface area contributed by atoms with E-state index >= 15 is 0 Å². The van der Waals surface area contributed by atoms with Gasteiger partial charge in [0, 0.05) is 35.5 Å². The Morgan fingerprint density at radius 3 is 2.57 bits per heavy atom. The average Bonchev–Trinajstić information content (AvgIpc) is 2.73. The topological polar surface area (TPSA) is 55.1 Å². The fraction of sp³-hybridized carbons (Fsp3) is 0.176. The van der Waals surface area contributed by atoms with E-state index in [9.17, 15) is 4.79 Å². The summed E-state index contributed by atoms with van der Waals surface area (Å²) >= 11 is 0. The molecule has 0 unspecified atom stereocenters. The first-order valence-electron chi connectivity index (χ1n) is 6.79. The minimum atomic E-state index is -0.893. The molecular formula is C17H16N2O2. The van der Waals surface area contributed by atoms with Gasteiger partial charge in [-0.1, -0.05) is 0 Å². The number of hydrogen-bond acceptors (Lipinski definition) is 2. The average molecular weight is 280 g/mol. The molecule has 2 heterocycles. The molecule has 0 amide bonds. The number of benzene rings is 1. The van der Waals surface area contributed by atoms with Gasteiger partial charge in [-0.2, -0.15) is 0 Å². The number of pyridine rings is 1. The van der Waals surface area contributed by atoms with E-state index in [4.69, 9.17) is 5.11 Å². The van der Waals surface area contributed by atoms with Crippen molar-refractivity contribution in [3.05, 3.63) is 65.1 Å². The molecule has 3 aromatic rings. The van der Waals surface area contributed by atoms with Crippen LogP contribution in [0.1, 0.15) is 27.2 Å². The number of aromatic carboxylic acids is 1. The van der Waals surface area contributed by atoms with Crippen LogP contribution in [0.15, 0.2) is 42.7 Å². The highest BCUT2D eigenvalue weighted by atomic mass is 16.4. The van der Waals surface area contributed by atoms with E-state index in [0.29, 0.717) is 5.56 Å². The quantitative estimate of drug-likeness (QED) is 0.800. The van der Waals surface area contributed by atoms with Gasteiger partial charge < -0.3 is 9.67 Å². The summed E-state index contributed by atoms with van der Waals surface area (Å²) in [5.74, 6) is -0.893. The van der Waals surface area contributed by atoms with Crippen molar-refractivity contribution in [2.75, 3.05) is 0 Å². The summed E-state index contributed by atoms with van der Waals surface area (Å²) in [6.45, 7) is 4.86. The van der Waals surface area contributed by atoms with E-state index in [1.54, 1.807) is 24.5 Å². The summed E-state index contributed by atoms with van der Waals surface area (Å²) in [4.78, 5) is 15.2. The number of carboxylic acid groups (broad SMARTS) is 1. The molecular weight excluding hydrogens is 264 g/mol. The lowest BCUT2D eigenvalue weighted by Gasteiger charge is -2.08. The van der Waals surface area contributed by atoms with Crippen molar-refractivity contribution in [3.63, 3.8) is 0 Å². The number of hydrogen-bond donors (Lipinski definition) is 1. The van der Waals surface area contributed by atoms with Crippen molar-refractivity contribution in [2.45, 2.75) is 20.4 Å². The zero-order valence-electron chi connectivity index (χ0n) is 12.0. The predicted molar refractivity (Wildman–Crippen MR) is 81.7 cm³/mol. The van der Waals surface area contributed by atoms with Crippen molar-refractivity contribution in [2.24, 2.45) is 0 Å². The number of carbonyl (C=O) groups is 1. The van der Waals surface area contributed by atoms with E-state index in [1.165, 1.54) is 5.56 Å². The van der Waals surface area contributed by atoms with Gasteiger partial charge in [0.05, 0.1) is 5.56 Å². The van der Waals surface area contributed by atoms with Crippen molar-refractivity contribution >= 4 is 16.9 Å². The number of fused-ring (bicyclic) bond motifs is 1. The Morgan fingerprint density at radius 2 is 1.90 bits per heavy atom. The van der Waals surface area contributed by atoms with Gasteiger partial charge in [-0.15, -0.1) is 0 Å². The summed E-state index contributed by atoms with van der Waals surface area (Å²) in [6, 6.07) is 9.29. The van der Waals surface area contributed by atoms with Gasteiger partial charge in [0.2, 0.25) is 0 Å². The van der Waals surface area contributed by atoms with Gasteiger partial charge in [-0.3, -0.25) is 4.98 Å². The number of aryl methyl sites for hydroxylation is 1. The largest absolute Gasteiger partial charge is 0.478 e. The second-order valence-electron chi connectivity index (χ2n) is 5.19. The molecule has 3 rings (SSSR count). The smallest absolute Gasteiger partial charge is 0.335 e. The van der Waals surface area contributed by atoms with Gasteiger partial charge in [-0.05, 0) is 55.3 Å². The van der Waals surface area contributed by atoms with Crippen LogP contribution in [0, 0.1) is 13.8 Å². The minimum Gasteiger partial charge on any atom is -0.478 e. The zero-order chi connectivity index (χ0) is 15.0. The highest BCUT2D eigenvalue weighted by molar-refractivity contribution is 5.95. The number of carboxylic acids is 1. The van der Waals surface area contributed by atoms with Crippen LogP contribution in [-0.4, -0.2) is 20.6 Å². The zero-order valence-corrected chi connectivity index (χ0v) is 12.0. The van der Waals surface area contributed by atoms with E-state index in [2.05, 4.69) is 16.5 Å². The molecule has 4 heteroatoms. The lowest BCUT2D eigenvalue weighted by atomic mass is 10.1. The van der Waals surface area contributed by atoms with E-state index < -0.39 is 5.97 Å². The van der Waals surface area contributed by atoms with Crippen molar-refractivity contribution in [3.8, 4) is 0 Å². The Balaban J connectivity index is 2.15. The van der Waals surface area contributed by atoms with E-state index in [0.717, 1.165) is 28.7 Å². The lowest BCUT2D eigenvalue weighted by Crippen LogP contribution is -2.02. The van der Waals surface area contributed by atoms with Gasteiger partial charge in [0.25, 0.3) is 0 Å². The molecule has 0 aliphatic heterocycles. The molecule has 2 aromatic heterocycles. The normalized spacial score (nSPS) is 11.0. The number of rotatable bonds is 3. The first kappa shape index (κ1) is 13.4. The molecule has 1 aromatic carbocycles. The Bertz CT molecular complexity index is 820. The maximum Gasteiger partial charge on any atom is 0.335 e. The van der Waals surface area contributed by atoms with Gasteiger partial charge in [0.1, 0.15) is 0 Å². The first-order chi connectivity index (χ1) is 10.1. The van der Waals surface area contributed by atoms with Crippen molar-refractivity contribution in [1.82, 2.24) is 9.55 Å². The number of nitrogens with zero attached hydrogens (tertiary/aromatic N) is 2. The fourth-order valence-corrected chi connectivity index (χ4v) is 2.66. The van der Waals surface area contributed by atoms with Crippen LogP contribution in [0.5, 0.6) is 0 Å². The third kappa shape index (κ3) is 2.29. The molecule has 0 saturated carbocycles. The Morgan fingerprint density at radius 1 is 1.19 bits per heavy atom. The van der Waals surface area contributed by atoms with Crippen molar-refractivity contribution < 1.29 is 9.90 Å².